The number of rotatable bonds is 6. The molecule has 1 aromatic carbocycles. The van der Waals surface area contributed by atoms with Gasteiger partial charge in [-0.3, -0.25) is 0 Å². The molecule has 0 saturated carbocycles. The number of hydrogen-bond donors (Lipinski definition) is 1. The third-order valence-electron chi connectivity index (χ3n) is 2.77. The molecule has 0 aliphatic carbocycles. The van der Waals surface area contributed by atoms with E-state index in [4.69, 9.17) is 49.2 Å². The first-order valence-corrected chi connectivity index (χ1v) is 7.63. The highest BCUT2D eigenvalue weighted by molar-refractivity contribution is 6.44. The Morgan fingerprint density at radius 1 is 1.35 bits per heavy atom. The number of methoxy groups -OCH3 is 1. The second kappa shape index (κ2) is 8.23. The van der Waals surface area contributed by atoms with Crippen LogP contribution in [-0.2, 0) is 4.74 Å². The van der Waals surface area contributed by atoms with Crippen LogP contribution in [0.15, 0.2) is 28.7 Å². The molecule has 23 heavy (non-hydrogen) atoms. The molecule has 1 N–H and O–H groups in total. The zero-order chi connectivity index (χ0) is 16.8. The van der Waals surface area contributed by atoms with Gasteiger partial charge in [-0.05, 0) is 12.1 Å². The lowest BCUT2D eigenvalue weighted by molar-refractivity contribution is 0.233. The highest BCUT2D eigenvalue weighted by Crippen LogP contribution is 2.37. The number of benzene rings is 1. The Bertz CT molecular complexity index is 766. The van der Waals surface area contributed by atoms with Crippen LogP contribution in [0.5, 0.6) is 0 Å². The molecule has 1 heterocycles. The zero-order valence-electron chi connectivity index (χ0n) is 12.1. The summed E-state index contributed by atoms with van der Waals surface area (Å²) in [6.07, 6.45) is 3.68. The number of nitriles is 1. The van der Waals surface area contributed by atoms with Crippen LogP contribution >= 0.6 is 34.8 Å². The fourth-order valence-corrected chi connectivity index (χ4v) is 2.43. The molecule has 0 fully saturated rings. The molecule has 2 aromatic rings. The van der Waals surface area contributed by atoms with E-state index in [-0.39, 0.29) is 27.5 Å². The van der Waals surface area contributed by atoms with Crippen molar-refractivity contribution < 1.29 is 9.15 Å². The topological polar surface area (TPSA) is 71.1 Å². The van der Waals surface area contributed by atoms with Gasteiger partial charge < -0.3 is 14.5 Å². The number of anilines is 1. The van der Waals surface area contributed by atoms with Crippen molar-refractivity contribution >= 4 is 40.7 Å². The van der Waals surface area contributed by atoms with Crippen molar-refractivity contribution in [2.45, 2.75) is 0 Å². The van der Waals surface area contributed by atoms with Crippen molar-refractivity contribution in [2.24, 2.45) is 0 Å². The lowest BCUT2D eigenvalue weighted by Gasteiger charge is -2.03. The monoisotopic (exact) mass is 371 g/mol. The van der Waals surface area contributed by atoms with Gasteiger partial charge in [-0.15, -0.1) is 0 Å². The van der Waals surface area contributed by atoms with Crippen LogP contribution in [0, 0.1) is 11.3 Å². The first kappa shape index (κ1) is 17.6. The first-order valence-electron chi connectivity index (χ1n) is 6.50. The number of hydrogen-bond acceptors (Lipinski definition) is 5. The molecule has 0 aliphatic rings. The molecule has 0 saturated heterocycles. The minimum absolute atomic E-state index is 0.118. The van der Waals surface area contributed by atoms with Crippen molar-refractivity contribution in [3.63, 3.8) is 0 Å². The fraction of sp³-hybridized carbons (Fsp3) is 0.200. The lowest BCUT2D eigenvalue weighted by Crippen LogP contribution is -1.99. The quantitative estimate of drug-likeness (QED) is 0.583. The molecule has 1 aromatic heterocycles. The first-order chi connectivity index (χ1) is 11.1. The Morgan fingerprint density at radius 2 is 2.13 bits per heavy atom. The molecule has 120 valence electrons. The molecular weight excluding hydrogens is 361 g/mol. The number of oxazole rings is 1. The summed E-state index contributed by atoms with van der Waals surface area (Å²) in [5.41, 5.74) is 0.538. The molecule has 2 rings (SSSR count). The van der Waals surface area contributed by atoms with Gasteiger partial charge >= 0.3 is 0 Å². The molecule has 0 aliphatic heterocycles. The van der Waals surface area contributed by atoms with Crippen molar-refractivity contribution in [3.05, 3.63) is 45.0 Å². The number of halogens is 3. The predicted octanol–water partition coefficient (Wildman–Crippen LogP) is 4.79. The average molecular weight is 373 g/mol. The van der Waals surface area contributed by atoms with Gasteiger partial charge in [0.25, 0.3) is 0 Å². The smallest absolute Gasteiger partial charge is 0.232 e. The minimum Gasteiger partial charge on any atom is -0.419 e. The maximum Gasteiger partial charge on any atom is 0.232 e. The third-order valence-corrected chi connectivity index (χ3v) is 3.79. The second-order valence-corrected chi connectivity index (χ2v) is 5.59. The average Bonchev–Trinajstić information content (AvgIpc) is 2.93. The zero-order valence-corrected chi connectivity index (χ0v) is 14.3. The Hall–Kier alpha value is -1.71. The van der Waals surface area contributed by atoms with E-state index in [1.807, 2.05) is 18.2 Å². The van der Waals surface area contributed by atoms with E-state index < -0.39 is 0 Å². The van der Waals surface area contributed by atoms with E-state index in [0.717, 1.165) is 0 Å². The van der Waals surface area contributed by atoms with Gasteiger partial charge in [0, 0.05) is 18.7 Å². The Kier molecular flexibility index (Phi) is 6.31. The second-order valence-electron chi connectivity index (χ2n) is 4.37. The van der Waals surface area contributed by atoms with Crippen LogP contribution in [0.2, 0.25) is 15.1 Å². The van der Waals surface area contributed by atoms with Crippen molar-refractivity contribution in [1.82, 2.24) is 4.98 Å². The molecule has 0 unspecified atom stereocenters. The molecule has 0 atom stereocenters. The van der Waals surface area contributed by atoms with Crippen molar-refractivity contribution in [3.8, 4) is 17.5 Å². The summed E-state index contributed by atoms with van der Waals surface area (Å²) >= 11 is 18.1. The number of ether oxygens (including phenoxy) is 1. The van der Waals surface area contributed by atoms with Gasteiger partial charge in [0.05, 0.1) is 22.2 Å². The summed E-state index contributed by atoms with van der Waals surface area (Å²) in [5, 5.41) is 13.1. The van der Waals surface area contributed by atoms with Gasteiger partial charge in [-0.2, -0.15) is 10.2 Å². The molecule has 5 nitrogen and oxygen atoms in total. The van der Waals surface area contributed by atoms with Crippen LogP contribution in [0.3, 0.4) is 0 Å². The van der Waals surface area contributed by atoms with Gasteiger partial charge in [-0.25, -0.2) is 0 Å². The Morgan fingerprint density at radius 3 is 2.83 bits per heavy atom. The van der Waals surface area contributed by atoms with E-state index in [1.165, 1.54) is 6.07 Å². The van der Waals surface area contributed by atoms with E-state index >= 15 is 0 Å². The van der Waals surface area contributed by atoms with Crippen molar-refractivity contribution in [2.75, 3.05) is 25.6 Å². The molecule has 0 bridgehead atoms. The fourth-order valence-electron chi connectivity index (χ4n) is 1.74. The third kappa shape index (κ3) is 4.40. The van der Waals surface area contributed by atoms with Gasteiger partial charge in [0.2, 0.25) is 17.5 Å². The number of nitrogens with zero attached hydrogens (tertiary/aromatic N) is 2. The van der Waals surface area contributed by atoms with E-state index in [1.54, 1.807) is 13.2 Å². The SMILES string of the molecule is COC/C=C/CNc1oc(-c2cc(Cl)cc(Cl)c2Cl)nc1C#N. The van der Waals surface area contributed by atoms with Crippen LogP contribution in [-0.4, -0.2) is 25.2 Å². The maximum absolute atomic E-state index is 9.16. The Balaban J connectivity index is 2.27. The van der Waals surface area contributed by atoms with E-state index in [9.17, 15) is 0 Å². The lowest BCUT2D eigenvalue weighted by atomic mass is 10.2. The molecule has 0 amide bonds. The number of aromatic nitrogens is 1. The van der Waals surface area contributed by atoms with Crippen molar-refractivity contribution in [1.29, 1.82) is 5.26 Å². The summed E-state index contributed by atoms with van der Waals surface area (Å²) in [4.78, 5) is 4.12. The highest BCUT2D eigenvalue weighted by Gasteiger charge is 2.18. The minimum atomic E-state index is 0.118. The normalized spacial score (nSPS) is 10.9. The summed E-state index contributed by atoms with van der Waals surface area (Å²) in [6.45, 7) is 0.960. The predicted molar refractivity (Wildman–Crippen MR) is 91.2 cm³/mol. The maximum atomic E-state index is 9.16. The van der Waals surface area contributed by atoms with E-state index in [0.29, 0.717) is 23.7 Å². The van der Waals surface area contributed by atoms with Crippen LogP contribution in [0.1, 0.15) is 5.69 Å². The highest BCUT2D eigenvalue weighted by atomic mass is 35.5. The number of nitrogens with one attached hydrogen (secondary N) is 1. The summed E-state index contributed by atoms with van der Waals surface area (Å²) in [7, 11) is 1.61. The van der Waals surface area contributed by atoms with Crippen LogP contribution in [0.25, 0.3) is 11.5 Å². The van der Waals surface area contributed by atoms with Gasteiger partial charge in [0.1, 0.15) is 6.07 Å². The van der Waals surface area contributed by atoms with Crippen LogP contribution < -0.4 is 5.32 Å². The van der Waals surface area contributed by atoms with Gasteiger partial charge in [0.15, 0.2) is 0 Å². The molecule has 0 spiro atoms. The van der Waals surface area contributed by atoms with Crippen LogP contribution in [0.4, 0.5) is 5.88 Å². The standard InChI is InChI=1S/C15H12Cl3N3O2/c1-22-5-3-2-4-20-15-12(8-19)21-14(23-15)10-6-9(16)7-11(17)13(10)18/h2-3,6-7,20H,4-5H2,1H3/b3-2+. The summed E-state index contributed by atoms with van der Waals surface area (Å²) < 4.78 is 10.5. The van der Waals surface area contributed by atoms with E-state index in [2.05, 4.69) is 10.3 Å². The molecular formula is C15H12Cl3N3O2. The summed E-state index contributed by atoms with van der Waals surface area (Å²) in [6, 6.07) is 5.05. The summed E-state index contributed by atoms with van der Waals surface area (Å²) in [5.74, 6) is 0.413. The Labute approximate surface area is 148 Å². The van der Waals surface area contributed by atoms with Gasteiger partial charge in [-0.1, -0.05) is 47.0 Å². The molecule has 8 heteroatoms. The molecule has 0 radical (unpaired) electrons. The largest absolute Gasteiger partial charge is 0.419 e.